The number of nitrogens with one attached hydrogen (secondary N) is 1. The Morgan fingerprint density at radius 2 is 1.95 bits per heavy atom. The second-order valence-electron chi connectivity index (χ2n) is 5.70. The lowest BCUT2D eigenvalue weighted by Crippen LogP contribution is -2.27. The highest BCUT2D eigenvalue weighted by Crippen LogP contribution is 2.12. The molecule has 0 heterocycles. The van der Waals surface area contributed by atoms with E-state index in [9.17, 15) is 0 Å². The average molecular weight is 290 g/mol. The maximum atomic E-state index is 5.47. The third-order valence-electron chi connectivity index (χ3n) is 3.62. The van der Waals surface area contributed by atoms with E-state index < -0.39 is 0 Å². The lowest BCUT2D eigenvalue weighted by Gasteiger charge is -2.20. The molecular formula is C18H30N2O. The molecule has 0 fully saturated rings. The highest BCUT2D eigenvalue weighted by atomic mass is 16.5. The summed E-state index contributed by atoms with van der Waals surface area (Å²) >= 11 is 0. The Morgan fingerprint density at radius 3 is 2.57 bits per heavy atom. The van der Waals surface area contributed by atoms with E-state index in [4.69, 9.17) is 4.74 Å². The van der Waals surface area contributed by atoms with Crippen molar-refractivity contribution in [1.29, 1.82) is 0 Å². The Labute approximate surface area is 130 Å². The van der Waals surface area contributed by atoms with Crippen LogP contribution in [0.15, 0.2) is 36.9 Å². The summed E-state index contributed by atoms with van der Waals surface area (Å²) in [6.07, 6.45) is 4.22. The zero-order valence-electron chi connectivity index (χ0n) is 13.8. The van der Waals surface area contributed by atoms with Crippen molar-refractivity contribution in [1.82, 2.24) is 10.2 Å². The molecule has 0 radical (unpaired) electrons. The minimum absolute atomic E-state index is 0.558. The maximum Gasteiger partial charge on any atom is 0.119 e. The van der Waals surface area contributed by atoms with Crippen molar-refractivity contribution in [3.8, 4) is 5.75 Å². The molecule has 0 aliphatic rings. The number of hydrogen-bond donors (Lipinski definition) is 1. The van der Waals surface area contributed by atoms with E-state index in [1.165, 1.54) is 24.9 Å². The number of ether oxygens (including phenoxy) is 1. The first-order valence-corrected chi connectivity index (χ1v) is 7.87. The number of unbranched alkanes of at least 4 members (excludes halogenated alkanes) is 1. The summed E-state index contributed by atoms with van der Waals surface area (Å²) in [7, 11) is 2.19. The number of rotatable bonds is 11. The molecular weight excluding hydrogens is 260 g/mol. The fraction of sp³-hybridized carbons (Fsp3) is 0.556. The summed E-state index contributed by atoms with van der Waals surface area (Å²) in [5, 5.41) is 3.49. The van der Waals surface area contributed by atoms with Crippen LogP contribution < -0.4 is 10.1 Å². The van der Waals surface area contributed by atoms with Crippen LogP contribution in [0.25, 0.3) is 0 Å². The monoisotopic (exact) mass is 290 g/mol. The van der Waals surface area contributed by atoms with E-state index >= 15 is 0 Å². The number of benzene rings is 1. The van der Waals surface area contributed by atoms with Crippen LogP contribution in [-0.4, -0.2) is 37.7 Å². The van der Waals surface area contributed by atoms with Crippen molar-refractivity contribution in [2.75, 3.05) is 26.7 Å². The van der Waals surface area contributed by atoms with E-state index in [-0.39, 0.29) is 0 Å². The lowest BCUT2D eigenvalue weighted by molar-refractivity contribution is 0.268. The SMILES string of the molecule is C=CCOc1ccc(CNCCCCN(C)C(C)C)cc1. The highest BCUT2D eigenvalue weighted by Gasteiger charge is 2.01. The highest BCUT2D eigenvalue weighted by molar-refractivity contribution is 5.27. The van der Waals surface area contributed by atoms with Gasteiger partial charge in [-0.1, -0.05) is 24.8 Å². The fourth-order valence-electron chi connectivity index (χ4n) is 1.96. The maximum absolute atomic E-state index is 5.47. The van der Waals surface area contributed by atoms with Crippen LogP contribution in [0.2, 0.25) is 0 Å². The smallest absolute Gasteiger partial charge is 0.119 e. The summed E-state index contributed by atoms with van der Waals surface area (Å²) in [6.45, 7) is 11.8. The normalized spacial score (nSPS) is 11.1. The van der Waals surface area contributed by atoms with E-state index in [1.807, 2.05) is 12.1 Å². The van der Waals surface area contributed by atoms with Gasteiger partial charge in [-0.15, -0.1) is 0 Å². The second kappa shape index (κ2) is 10.4. The first kappa shape index (κ1) is 17.7. The third-order valence-corrected chi connectivity index (χ3v) is 3.62. The van der Waals surface area contributed by atoms with Gasteiger partial charge in [-0.05, 0) is 64.5 Å². The molecule has 1 N–H and O–H groups in total. The number of hydrogen-bond acceptors (Lipinski definition) is 3. The molecule has 118 valence electrons. The molecule has 21 heavy (non-hydrogen) atoms. The Kier molecular flexibility index (Phi) is 8.79. The van der Waals surface area contributed by atoms with E-state index in [0.717, 1.165) is 18.8 Å². The topological polar surface area (TPSA) is 24.5 Å². The van der Waals surface area contributed by atoms with Gasteiger partial charge < -0.3 is 15.0 Å². The lowest BCUT2D eigenvalue weighted by atomic mass is 10.2. The van der Waals surface area contributed by atoms with Crippen molar-refractivity contribution in [2.45, 2.75) is 39.3 Å². The van der Waals surface area contributed by atoms with E-state index in [2.05, 4.69) is 49.8 Å². The standard InChI is InChI=1S/C18H30N2O/c1-5-14-21-18-10-8-17(9-11-18)15-19-12-6-7-13-20(4)16(2)3/h5,8-11,16,19H,1,6-7,12-15H2,2-4H3. The molecule has 0 saturated heterocycles. The van der Waals surface area contributed by atoms with Crippen molar-refractivity contribution in [3.63, 3.8) is 0 Å². The molecule has 0 bridgehead atoms. The van der Waals surface area contributed by atoms with Crippen molar-refractivity contribution < 1.29 is 4.74 Å². The fourth-order valence-corrected chi connectivity index (χ4v) is 1.96. The predicted octanol–water partition coefficient (Wildman–Crippen LogP) is 3.46. The molecule has 0 saturated carbocycles. The van der Waals surface area contributed by atoms with Crippen LogP contribution >= 0.6 is 0 Å². The molecule has 0 unspecified atom stereocenters. The summed E-state index contributed by atoms with van der Waals surface area (Å²) in [5.41, 5.74) is 1.29. The van der Waals surface area contributed by atoms with Crippen LogP contribution in [0.4, 0.5) is 0 Å². The largest absolute Gasteiger partial charge is 0.490 e. The van der Waals surface area contributed by atoms with Crippen LogP contribution in [0.3, 0.4) is 0 Å². The van der Waals surface area contributed by atoms with Crippen LogP contribution in [0.1, 0.15) is 32.3 Å². The molecule has 0 aliphatic heterocycles. The molecule has 0 aromatic heterocycles. The molecule has 1 aromatic carbocycles. The van der Waals surface area contributed by atoms with Gasteiger partial charge in [-0.3, -0.25) is 0 Å². The molecule has 3 nitrogen and oxygen atoms in total. The van der Waals surface area contributed by atoms with Gasteiger partial charge in [0.1, 0.15) is 12.4 Å². The first-order chi connectivity index (χ1) is 10.1. The van der Waals surface area contributed by atoms with Crippen LogP contribution in [0, 0.1) is 0 Å². The molecule has 0 amide bonds. The van der Waals surface area contributed by atoms with Gasteiger partial charge in [0.05, 0.1) is 0 Å². The van der Waals surface area contributed by atoms with Gasteiger partial charge in [0.25, 0.3) is 0 Å². The third kappa shape index (κ3) is 7.88. The van der Waals surface area contributed by atoms with Crippen LogP contribution in [0.5, 0.6) is 5.75 Å². The van der Waals surface area contributed by atoms with Crippen molar-refractivity contribution >= 4 is 0 Å². The minimum Gasteiger partial charge on any atom is -0.490 e. The summed E-state index contributed by atoms with van der Waals surface area (Å²) in [5.74, 6) is 0.898. The summed E-state index contributed by atoms with van der Waals surface area (Å²) < 4.78 is 5.47. The zero-order chi connectivity index (χ0) is 15.5. The number of nitrogens with zero attached hydrogens (tertiary/aromatic N) is 1. The van der Waals surface area contributed by atoms with E-state index in [0.29, 0.717) is 12.6 Å². The van der Waals surface area contributed by atoms with Gasteiger partial charge in [0.2, 0.25) is 0 Å². The summed E-state index contributed by atoms with van der Waals surface area (Å²) in [6, 6.07) is 8.88. The first-order valence-electron chi connectivity index (χ1n) is 7.87. The molecule has 3 heteroatoms. The average Bonchev–Trinajstić information content (AvgIpc) is 2.49. The van der Waals surface area contributed by atoms with Crippen LogP contribution in [-0.2, 0) is 6.54 Å². The Morgan fingerprint density at radius 1 is 1.24 bits per heavy atom. The molecule has 0 spiro atoms. The van der Waals surface area contributed by atoms with Crippen molar-refractivity contribution in [2.24, 2.45) is 0 Å². The van der Waals surface area contributed by atoms with Gasteiger partial charge in [0.15, 0.2) is 0 Å². The predicted molar refractivity (Wildman–Crippen MR) is 90.8 cm³/mol. The van der Waals surface area contributed by atoms with E-state index in [1.54, 1.807) is 6.08 Å². The second-order valence-corrected chi connectivity index (χ2v) is 5.70. The Bertz CT molecular complexity index is 387. The molecule has 0 atom stereocenters. The van der Waals surface area contributed by atoms with Gasteiger partial charge in [0, 0.05) is 12.6 Å². The Balaban J connectivity index is 2.11. The molecule has 1 aromatic rings. The van der Waals surface area contributed by atoms with Gasteiger partial charge >= 0.3 is 0 Å². The quantitative estimate of drug-likeness (QED) is 0.499. The zero-order valence-corrected chi connectivity index (χ0v) is 13.8. The van der Waals surface area contributed by atoms with Gasteiger partial charge in [-0.25, -0.2) is 0 Å². The molecule has 1 rings (SSSR count). The summed E-state index contributed by atoms with van der Waals surface area (Å²) in [4.78, 5) is 2.39. The molecule has 0 aliphatic carbocycles. The van der Waals surface area contributed by atoms with Crippen molar-refractivity contribution in [3.05, 3.63) is 42.5 Å². The minimum atomic E-state index is 0.558. The Hall–Kier alpha value is -1.32. The van der Waals surface area contributed by atoms with Gasteiger partial charge in [-0.2, -0.15) is 0 Å².